The van der Waals surface area contributed by atoms with Crippen molar-refractivity contribution in [1.29, 1.82) is 0 Å². The molecule has 4 aromatic rings. The van der Waals surface area contributed by atoms with Crippen LogP contribution >= 0.6 is 0 Å². The monoisotopic (exact) mass is 684 g/mol. The fourth-order valence-electron chi connectivity index (χ4n) is 6.94. The van der Waals surface area contributed by atoms with E-state index in [9.17, 15) is 22.4 Å². The van der Waals surface area contributed by atoms with Crippen LogP contribution in [0.25, 0.3) is 33.9 Å². The number of imidazole rings is 1. The first-order valence-corrected chi connectivity index (χ1v) is 16.4. The Morgan fingerprint density at radius 1 is 1.12 bits per heavy atom. The third-order valence-corrected chi connectivity index (χ3v) is 9.62. The molecule has 2 aliphatic rings. The number of hydrogen-bond donors (Lipinski definition) is 2. The molecule has 1 saturated carbocycles. The van der Waals surface area contributed by atoms with Crippen molar-refractivity contribution in [3.63, 3.8) is 0 Å². The van der Waals surface area contributed by atoms with Gasteiger partial charge in [0.05, 0.1) is 35.9 Å². The maximum atomic E-state index is 14.5. The maximum Gasteiger partial charge on any atom is 0.416 e. The third kappa shape index (κ3) is 7.62. The van der Waals surface area contributed by atoms with Crippen molar-refractivity contribution in [1.82, 2.24) is 29.8 Å². The van der Waals surface area contributed by atoms with E-state index in [1.165, 1.54) is 0 Å². The smallest absolute Gasteiger partial charge is 0.416 e. The number of carboxylic acids is 1. The van der Waals surface area contributed by atoms with E-state index in [-0.39, 0.29) is 34.8 Å². The van der Waals surface area contributed by atoms with E-state index in [2.05, 4.69) is 41.6 Å². The van der Waals surface area contributed by atoms with Crippen LogP contribution in [-0.2, 0) is 15.7 Å². The lowest BCUT2D eigenvalue weighted by Gasteiger charge is -2.44. The molecule has 1 aliphatic carbocycles. The van der Waals surface area contributed by atoms with Crippen molar-refractivity contribution < 1.29 is 32.2 Å². The van der Waals surface area contributed by atoms with Gasteiger partial charge in [0.1, 0.15) is 22.8 Å². The number of aromatic nitrogens is 5. The van der Waals surface area contributed by atoms with Crippen molar-refractivity contribution in [3.05, 3.63) is 48.0 Å². The van der Waals surface area contributed by atoms with E-state index >= 15 is 0 Å². The molecule has 4 heterocycles. The average Bonchev–Trinajstić information content (AvgIpc) is 3.47. The number of carboxylic acid groups (broad SMARTS) is 1. The molecule has 262 valence electrons. The molecule has 2 fully saturated rings. The summed E-state index contributed by atoms with van der Waals surface area (Å²) in [7, 11) is 3.58. The van der Waals surface area contributed by atoms with Gasteiger partial charge in [-0.3, -0.25) is 9.69 Å². The molecule has 6 rings (SSSR count). The van der Waals surface area contributed by atoms with Crippen LogP contribution in [0.4, 0.5) is 29.1 Å². The highest BCUT2D eigenvalue weighted by Crippen LogP contribution is 2.43. The zero-order chi connectivity index (χ0) is 34.9. The first kappa shape index (κ1) is 34.5. The molecule has 0 amide bonds. The van der Waals surface area contributed by atoms with Gasteiger partial charge in [-0.1, -0.05) is 6.42 Å². The summed E-state index contributed by atoms with van der Waals surface area (Å²) in [5, 5.41) is 8.95. The highest BCUT2D eigenvalue weighted by atomic mass is 19.4. The first-order chi connectivity index (χ1) is 23.3. The topological polar surface area (TPSA) is 124 Å². The molecule has 2 N–H and O–H groups in total. The molecule has 1 aromatic carbocycles. The van der Waals surface area contributed by atoms with E-state index in [0.717, 1.165) is 57.6 Å². The largest absolute Gasteiger partial charge is 0.481 e. The van der Waals surface area contributed by atoms with Gasteiger partial charge in [0.25, 0.3) is 0 Å². The standard InChI is InChI=1S/C34H40F4N8O3/c1-21-18-46(11-10-45(21)9-4-6-29(47)48)28-17-39-26(16-40-28)31-42-30-27(44(2)19-33(20-49-3)7-5-8-33)15-25(41-32(30)43-31)22-12-23(34(36,37)38)14-24(35)13-22/h12-17,21H,4-11,18-20H2,1-3H3,(H,47,48)(H,41,42,43)/t21-/m0/s1. The quantitative estimate of drug-likeness (QED) is 0.175. The van der Waals surface area contributed by atoms with Gasteiger partial charge in [0, 0.05) is 63.8 Å². The van der Waals surface area contributed by atoms with Gasteiger partial charge in [-0.15, -0.1) is 0 Å². The van der Waals surface area contributed by atoms with Crippen LogP contribution in [0.15, 0.2) is 36.7 Å². The summed E-state index contributed by atoms with van der Waals surface area (Å²) >= 11 is 0. The van der Waals surface area contributed by atoms with Gasteiger partial charge in [-0.25, -0.2) is 24.3 Å². The zero-order valence-electron chi connectivity index (χ0n) is 27.7. The summed E-state index contributed by atoms with van der Waals surface area (Å²) in [5.74, 6) is -0.716. The van der Waals surface area contributed by atoms with Gasteiger partial charge in [0.2, 0.25) is 0 Å². The number of H-pyrrole nitrogens is 1. The van der Waals surface area contributed by atoms with E-state index < -0.39 is 23.5 Å². The lowest BCUT2D eigenvalue weighted by molar-refractivity contribution is -0.138. The molecule has 15 heteroatoms. The number of benzene rings is 1. The average molecular weight is 685 g/mol. The number of hydrogen-bond acceptors (Lipinski definition) is 9. The van der Waals surface area contributed by atoms with E-state index in [1.54, 1.807) is 25.6 Å². The highest BCUT2D eigenvalue weighted by molar-refractivity contribution is 5.91. The summed E-state index contributed by atoms with van der Waals surface area (Å²) in [6.45, 7) is 6.25. The summed E-state index contributed by atoms with van der Waals surface area (Å²) in [6.07, 6.45) is 2.37. The number of alkyl halides is 3. The van der Waals surface area contributed by atoms with Crippen LogP contribution in [0.1, 0.15) is 44.6 Å². The number of rotatable bonds is 12. The van der Waals surface area contributed by atoms with Crippen LogP contribution in [0.2, 0.25) is 0 Å². The Morgan fingerprint density at radius 3 is 2.55 bits per heavy atom. The number of aromatic amines is 1. The number of anilines is 2. The minimum Gasteiger partial charge on any atom is -0.481 e. The third-order valence-electron chi connectivity index (χ3n) is 9.62. The molecule has 0 spiro atoms. The molecule has 49 heavy (non-hydrogen) atoms. The fraction of sp³-hybridized carbons (Fsp3) is 0.500. The maximum absolute atomic E-state index is 14.5. The number of nitrogens with zero attached hydrogens (tertiary/aromatic N) is 7. The number of halogens is 4. The van der Waals surface area contributed by atoms with Crippen molar-refractivity contribution >= 4 is 28.6 Å². The van der Waals surface area contributed by atoms with E-state index in [0.29, 0.717) is 54.2 Å². The molecule has 3 aromatic heterocycles. The van der Waals surface area contributed by atoms with Gasteiger partial charge in [-0.05, 0) is 57.0 Å². The van der Waals surface area contributed by atoms with Crippen molar-refractivity contribution in [2.24, 2.45) is 5.41 Å². The molecular formula is C34H40F4N8O3. The van der Waals surface area contributed by atoms with Crippen LogP contribution < -0.4 is 9.80 Å². The number of nitrogens with one attached hydrogen (secondary N) is 1. The molecular weight excluding hydrogens is 644 g/mol. The summed E-state index contributed by atoms with van der Waals surface area (Å²) < 4.78 is 60.8. The van der Waals surface area contributed by atoms with E-state index in [1.807, 2.05) is 11.9 Å². The second-order valence-electron chi connectivity index (χ2n) is 13.3. The van der Waals surface area contributed by atoms with Crippen molar-refractivity contribution in [3.8, 4) is 22.8 Å². The first-order valence-electron chi connectivity index (χ1n) is 16.4. The molecule has 0 radical (unpaired) electrons. The number of aliphatic carboxylic acids is 1. The number of pyridine rings is 1. The number of ether oxygens (including phenoxy) is 1. The van der Waals surface area contributed by atoms with Crippen LogP contribution in [0.5, 0.6) is 0 Å². The minimum atomic E-state index is -4.73. The van der Waals surface area contributed by atoms with Crippen molar-refractivity contribution in [2.45, 2.75) is 51.2 Å². The predicted octanol–water partition coefficient (Wildman–Crippen LogP) is 5.87. The Bertz CT molecular complexity index is 1790. The Kier molecular flexibility index (Phi) is 9.76. The summed E-state index contributed by atoms with van der Waals surface area (Å²) in [4.78, 5) is 39.2. The van der Waals surface area contributed by atoms with Gasteiger partial charge in [-0.2, -0.15) is 13.2 Å². The lowest BCUT2D eigenvalue weighted by Crippen LogP contribution is -2.52. The summed E-state index contributed by atoms with van der Waals surface area (Å²) in [6, 6.07) is 4.28. The van der Waals surface area contributed by atoms with Gasteiger partial charge >= 0.3 is 12.1 Å². The molecule has 0 bridgehead atoms. The Hall–Kier alpha value is -4.37. The van der Waals surface area contributed by atoms with Crippen molar-refractivity contribution in [2.75, 3.05) is 63.3 Å². The highest BCUT2D eigenvalue weighted by Gasteiger charge is 2.39. The lowest BCUT2D eigenvalue weighted by atomic mass is 9.69. The van der Waals surface area contributed by atoms with Gasteiger partial charge in [0.15, 0.2) is 11.5 Å². The second-order valence-corrected chi connectivity index (χ2v) is 13.3. The minimum absolute atomic E-state index is 0.0102. The molecule has 0 unspecified atom stereocenters. The Labute approximate surface area is 281 Å². The Balaban J connectivity index is 1.30. The Morgan fingerprint density at radius 2 is 1.92 bits per heavy atom. The molecule has 1 saturated heterocycles. The zero-order valence-corrected chi connectivity index (χ0v) is 27.7. The predicted molar refractivity (Wildman–Crippen MR) is 177 cm³/mol. The number of methoxy groups -OCH3 is 1. The van der Waals surface area contributed by atoms with Gasteiger partial charge < -0.3 is 24.6 Å². The SMILES string of the molecule is COCC1(CN(C)c2cc(-c3cc(F)cc(C(F)(F)F)c3)nc3nc(-c4cnc(N5CCN(CCCC(=O)O)[C@@H](C)C5)cn4)[nH]c23)CCC1. The molecule has 11 nitrogen and oxygen atoms in total. The summed E-state index contributed by atoms with van der Waals surface area (Å²) in [5.41, 5.74) is 0.914. The fourth-order valence-corrected chi connectivity index (χ4v) is 6.94. The number of fused-ring (bicyclic) bond motifs is 1. The number of carbonyl (C=O) groups is 1. The van der Waals surface area contributed by atoms with Crippen LogP contribution in [-0.4, -0.2) is 100 Å². The molecule has 1 atom stereocenters. The van der Waals surface area contributed by atoms with Crippen LogP contribution in [0, 0.1) is 11.2 Å². The number of piperazine rings is 1. The molecule has 1 aliphatic heterocycles. The second kappa shape index (κ2) is 13.9. The van der Waals surface area contributed by atoms with Crippen LogP contribution in [0.3, 0.4) is 0 Å². The normalized spacial score (nSPS) is 18.1. The van der Waals surface area contributed by atoms with E-state index in [4.69, 9.17) is 9.84 Å².